The van der Waals surface area contributed by atoms with Crippen molar-refractivity contribution in [2.45, 2.75) is 13.5 Å². The molecule has 0 fully saturated rings. The number of aryl methyl sites for hydroxylation is 1. The minimum Gasteiger partial charge on any atom is -0.493 e. The quantitative estimate of drug-likeness (QED) is 0.244. The fraction of sp³-hybridized carbons (Fsp3) is 0.148. The highest BCUT2D eigenvalue weighted by Crippen LogP contribution is 2.38. The molecule has 1 heterocycles. The summed E-state index contributed by atoms with van der Waals surface area (Å²) >= 11 is 13.5. The standard InChI is InChI=1S/C27H23Cl2N3O5S/c1-16-6-4-5-7-17(16)14-30-27(34)37-24-15-38-26(31-24)32(19-9-11-22(35-2)23(13-19)36-3)25(33)20-10-8-18(28)12-21(20)29/h4-13,15H,14H2,1-3H3,(H,30,34). The zero-order valence-electron chi connectivity index (χ0n) is 20.7. The molecular weight excluding hydrogens is 549 g/mol. The summed E-state index contributed by atoms with van der Waals surface area (Å²) in [5, 5.41) is 5.06. The summed E-state index contributed by atoms with van der Waals surface area (Å²) in [6, 6.07) is 17.3. The molecule has 0 saturated carbocycles. The Labute approximate surface area is 233 Å². The molecule has 196 valence electrons. The van der Waals surface area contributed by atoms with Crippen LogP contribution in [0.5, 0.6) is 17.4 Å². The number of carbonyl (C=O) groups excluding carboxylic acids is 2. The SMILES string of the molecule is COc1ccc(N(C(=O)c2ccc(Cl)cc2Cl)c2nc(OC(=O)NCc3ccccc3C)cs2)cc1OC. The topological polar surface area (TPSA) is 90.0 Å². The van der Waals surface area contributed by atoms with Gasteiger partial charge in [0.15, 0.2) is 11.5 Å². The van der Waals surface area contributed by atoms with Gasteiger partial charge in [0.1, 0.15) is 0 Å². The fourth-order valence-electron chi connectivity index (χ4n) is 3.57. The molecule has 0 aliphatic heterocycles. The first-order valence-electron chi connectivity index (χ1n) is 11.3. The van der Waals surface area contributed by atoms with Gasteiger partial charge in [-0.15, -0.1) is 11.3 Å². The second-order valence-electron chi connectivity index (χ2n) is 7.94. The number of nitrogens with zero attached hydrogens (tertiary/aromatic N) is 2. The number of anilines is 2. The molecule has 11 heteroatoms. The van der Waals surface area contributed by atoms with Crippen LogP contribution in [-0.4, -0.2) is 31.2 Å². The van der Waals surface area contributed by atoms with Crippen molar-refractivity contribution in [3.05, 3.63) is 92.8 Å². The van der Waals surface area contributed by atoms with Gasteiger partial charge in [0.05, 0.1) is 35.9 Å². The minimum absolute atomic E-state index is 0.0350. The number of hydrogen-bond acceptors (Lipinski definition) is 7. The predicted octanol–water partition coefficient (Wildman–Crippen LogP) is 7.04. The maximum Gasteiger partial charge on any atom is 0.414 e. The first-order chi connectivity index (χ1) is 18.3. The van der Waals surface area contributed by atoms with Crippen LogP contribution in [0.1, 0.15) is 21.5 Å². The van der Waals surface area contributed by atoms with E-state index in [9.17, 15) is 9.59 Å². The highest BCUT2D eigenvalue weighted by atomic mass is 35.5. The van der Waals surface area contributed by atoms with Gasteiger partial charge in [0, 0.05) is 17.6 Å². The zero-order valence-corrected chi connectivity index (χ0v) is 23.0. The third-order valence-corrected chi connectivity index (χ3v) is 6.89. The fourth-order valence-corrected chi connectivity index (χ4v) is 4.80. The average molecular weight is 572 g/mol. The largest absolute Gasteiger partial charge is 0.493 e. The van der Waals surface area contributed by atoms with Crippen LogP contribution in [0, 0.1) is 6.92 Å². The third kappa shape index (κ3) is 6.19. The van der Waals surface area contributed by atoms with Crippen molar-refractivity contribution in [2.24, 2.45) is 0 Å². The van der Waals surface area contributed by atoms with Crippen molar-refractivity contribution < 1.29 is 23.8 Å². The van der Waals surface area contributed by atoms with Gasteiger partial charge < -0.3 is 19.5 Å². The Morgan fingerprint density at radius 1 is 1.00 bits per heavy atom. The van der Waals surface area contributed by atoms with Crippen LogP contribution < -0.4 is 24.4 Å². The summed E-state index contributed by atoms with van der Waals surface area (Å²) < 4.78 is 16.1. The summed E-state index contributed by atoms with van der Waals surface area (Å²) in [6.07, 6.45) is -0.671. The Kier molecular flexibility index (Phi) is 8.73. The van der Waals surface area contributed by atoms with E-state index >= 15 is 0 Å². The number of thiazole rings is 1. The molecule has 3 aromatic carbocycles. The predicted molar refractivity (Wildman–Crippen MR) is 149 cm³/mol. The van der Waals surface area contributed by atoms with Gasteiger partial charge in [-0.3, -0.25) is 9.69 Å². The molecule has 0 atom stereocenters. The summed E-state index contributed by atoms with van der Waals surface area (Å²) in [4.78, 5) is 31.9. The van der Waals surface area contributed by atoms with Gasteiger partial charge in [0.25, 0.3) is 5.91 Å². The van der Waals surface area contributed by atoms with E-state index in [1.54, 1.807) is 24.3 Å². The van der Waals surface area contributed by atoms with E-state index in [0.29, 0.717) is 28.8 Å². The first-order valence-corrected chi connectivity index (χ1v) is 12.9. The lowest BCUT2D eigenvalue weighted by molar-refractivity contribution is 0.0999. The Bertz CT molecular complexity index is 1480. The molecule has 0 spiro atoms. The number of amides is 2. The van der Waals surface area contributed by atoms with Crippen molar-refractivity contribution in [3.63, 3.8) is 0 Å². The molecule has 38 heavy (non-hydrogen) atoms. The second-order valence-corrected chi connectivity index (χ2v) is 9.62. The van der Waals surface area contributed by atoms with Crippen LogP contribution in [0.15, 0.2) is 66.0 Å². The van der Waals surface area contributed by atoms with Gasteiger partial charge >= 0.3 is 6.09 Å². The molecule has 0 unspecified atom stereocenters. The molecule has 0 radical (unpaired) electrons. The molecule has 4 aromatic rings. The molecular formula is C27H23Cl2N3O5S. The van der Waals surface area contributed by atoms with E-state index < -0.39 is 12.0 Å². The second kappa shape index (κ2) is 12.2. The lowest BCUT2D eigenvalue weighted by atomic mass is 10.1. The Balaban J connectivity index is 1.62. The van der Waals surface area contributed by atoms with Gasteiger partial charge in [0.2, 0.25) is 11.0 Å². The highest BCUT2D eigenvalue weighted by molar-refractivity contribution is 7.14. The van der Waals surface area contributed by atoms with E-state index in [2.05, 4.69) is 10.3 Å². The van der Waals surface area contributed by atoms with E-state index in [0.717, 1.165) is 22.5 Å². The van der Waals surface area contributed by atoms with Gasteiger partial charge in [-0.1, -0.05) is 47.5 Å². The third-order valence-electron chi connectivity index (χ3n) is 5.53. The van der Waals surface area contributed by atoms with Crippen molar-refractivity contribution in [1.29, 1.82) is 0 Å². The molecule has 1 N–H and O–H groups in total. The van der Waals surface area contributed by atoms with Crippen LogP contribution in [0.4, 0.5) is 15.6 Å². The number of halogens is 2. The molecule has 2 amide bonds. The van der Waals surface area contributed by atoms with Crippen molar-refractivity contribution in [3.8, 4) is 17.4 Å². The van der Waals surface area contributed by atoms with Gasteiger partial charge in [-0.25, -0.2) is 4.79 Å². The van der Waals surface area contributed by atoms with Crippen LogP contribution in [0.3, 0.4) is 0 Å². The molecule has 4 rings (SSSR count). The van der Waals surface area contributed by atoms with E-state index in [4.69, 9.17) is 37.4 Å². The lowest BCUT2D eigenvalue weighted by Crippen LogP contribution is -2.27. The van der Waals surface area contributed by atoms with E-state index in [1.165, 1.54) is 36.6 Å². The maximum absolute atomic E-state index is 13.7. The van der Waals surface area contributed by atoms with Crippen molar-refractivity contribution >= 4 is 57.4 Å². The maximum atomic E-state index is 13.7. The summed E-state index contributed by atoms with van der Waals surface area (Å²) in [7, 11) is 3.01. The van der Waals surface area contributed by atoms with Crippen LogP contribution >= 0.6 is 34.5 Å². The number of rotatable bonds is 8. The Morgan fingerprint density at radius 2 is 1.76 bits per heavy atom. The van der Waals surface area contributed by atoms with Gasteiger partial charge in [-0.2, -0.15) is 4.98 Å². The zero-order chi connectivity index (χ0) is 27.2. The smallest absolute Gasteiger partial charge is 0.414 e. The molecule has 8 nitrogen and oxygen atoms in total. The molecule has 0 bridgehead atoms. The summed E-state index contributed by atoms with van der Waals surface area (Å²) in [6.45, 7) is 2.26. The van der Waals surface area contributed by atoms with Gasteiger partial charge in [-0.05, 0) is 48.4 Å². The number of benzene rings is 3. The first kappa shape index (κ1) is 27.3. The number of methoxy groups -OCH3 is 2. The van der Waals surface area contributed by atoms with Crippen LogP contribution in [0.2, 0.25) is 10.0 Å². The van der Waals surface area contributed by atoms with E-state index in [-0.39, 0.29) is 21.6 Å². The van der Waals surface area contributed by atoms with E-state index in [1.807, 2.05) is 31.2 Å². The van der Waals surface area contributed by atoms with Crippen LogP contribution in [0.25, 0.3) is 0 Å². The molecule has 0 aliphatic rings. The van der Waals surface area contributed by atoms with Crippen LogP contribution in [-0.2, 0) is 6.54 Å². The Morgan fingerprint density at radius 3 is 2.47 bits per heavy atom. The number of carbonyl (C=O) groups is 2. The number of ether oxygens (including phenoxy) is 3. The number of aromatic nitrogens is 1. The summed E-state index contributed by atoms with van der Waals surface area (Å²) in [5.74, 6) is 0.465. The average Bonchev–Trinajstić information content (AvgIpc) is 3.35. The molecule has 0 saturated heterocycles. The van der Waals surface area contributed by atoms with Crippen molar-refractivity contribution in [2.75, 3.05) is 19.1 Å². The lowest BCUT2D eigenvalue weighted by Gasteiger charge is -2.22. The monoisotopic (exact) mass is 571 g/mol. The highest BCUT2D eigenvalue weighted by Gasteiger charge is 2.26. The van der Waals surface area contributed by atoms with Crippen molar-refractivity contribution in [1.82, 2.24) is 10.3 Å². The number of nitrogens with one attached hydrogen (secondary N) is 1. The molecule has 1 aromatic heterocycles. The normalized spacial score (nSPS) is 10.6. The summed E-state index contributed by atoms with van der Waals surface area (Å²) in [5.41, 5.74) is 2.66. The Hall–Kier alpha value is -3.79. The molecule has 0 aliphatic carbocycles. The minimum atomic E-state index is -0.671. The number of hydrogen-bond donors (Lipinski definition) is 1.